The standard InChI is InChI=1S/C17H21N3/c1-12-7-8-19-11-16(12)17(20-18)10-13-5-6-14-3-2-4-15(14)9-13/h5-9,11,17,20H,2-4,10,18H2,1H3. The Labute approximate surface area is 120 Å². The van der Waals surface area contributed by atoms with Gasteiger partial charge in [0.25, 0.3) is 0 Å². The highest BCUT2D eigenvalue weighted by atomic mass is 15.2. The van der Waals surface area contributed by atoms with Crippen LogP contribution >= 0.6 is 0 Å². The lowest BCUT2D eigenvalue weighted by atomic mass is 9.96. The molecule has 104 valence electrons. The molecule has 0 saturated carbocycles. The largest absolute Gasteiger partial charge is 0.271 e. The van der Waals surface area contributed by atoms with E-state index in [-0.39, 0.29) is 6.04 Å². The SMILES string of the molecule is Cc1ccncc1C(Cc1ccc2c(c1)CCC2)NN. The lowest BCUT2D eigenvalue weighted by Gasteiger charge is -2.18. The van der Waals surface area contributed by atoms with Crippen molar-refractivity contribution >= 4 is 0 Å². The molecule has 1 atom stereocenters. The van der Waals surface area contributed by atoms with E-state index < -0.39 is 0 Å². The van der Waals surface area contributed by atoms with Crippen LogP contribution in [-0.4, -0.2) is 4.98 Å². The summed E-state index contributed by atoms with van der Waals surface area (Å²) in [5.41, 5.74) is 9.71. The summed E-state index contributed by atoms with van der Waals surface area (Å²) >= 11 is 0. The van der Waals surface area contributed by atoms with Crippen LogP contribution in [0.15, 0.2) is 36.7 Å². The number of pyridine rings is 1. The Morgan fingerprint density at radius 2 is 2.10 bits per heavy atom. The lowest BCUT2D eigenvalue weighted by Crippen LogP contribution is -2.30. The lowest BCUT2D eigenvalue weighted by molar-refractivity contribution is 0.547. The van der Waals surface area contributed by atoms with Crippen LogP contribution in [0.2, 0.25) is 0 Å². The van der Waals surface area contributed by atoms with Crippen molar-refractivity contribution in [3.63, 3.8) is 0 Å². The average Bonchev–Trinajstić information content (AvgIpc) is 2.93. The molecule has 0 amide bonds. The summed E-state index contributed by atoms with van der Waals surface area (Å²) in [5, 5.41) is 0. The fourth-order valence-electron chi connectivity index (χ4n) is 3.09. The predicted octanol–water partition coefficient (Wildman–Crippen LogP) is 2.63. The van der Waals surface area contributed by atoms with E-state index in [1.165, 1.54) is 47.1 Å². The maximum atomic E-state index is 5.76. The van der Waals surface area contributed by atoms with E-state index in [1.807, 2.05) is 18.5 Å². The third-order valence-corrected chi connectivity index (χ3v) is 4.26. The normalized spacial score (nSPS) is 15.1. The monoisotopic (exact) mass is 267 g/mol. The highest BCUT2D eigenvalue weighted by Gasteiger charge is 2.15. The fraction of sp³-hybridized carbons (Fsp3) is 0.353. The van der Waals surface area contributed by atoms with Crippen LogP contribution in [0.25, 0.3) is 0 Å². The molecule has 3 heteroatoms. The van der Waals surface area contributed by atoms with Gasteiger partial charge in [-0.15, -0.1) is 0 Å². The topological polar surface area (TPSA) is 50.9 Å². The predicted molar refractivity (Wildman–Crippen MR) is 81.2 cm³/mol. The number of nitrogens with zero attached hydrogens (tertiary/aromatic N) is 1. The highest BCUT2D eigenvalue weighted by molar-refractivity contribution is 5.36. The van der Waals surface area contributed by atoms with Gasteiger partial charge in [-0.1, -0.05) is 18.2 Å². The molecule has 3 nitrogen and oxygen atoms in total. The molecule has 2 aromatic rings. The number of rotatable bonds is 4. The van der Waals surface area contributed by atoms with Gasteiger partial charge in [0.15, 0.2) is 0 Å². The van der Waals surface area contributed by atoms with Crippen molar-refractivity contribution in [3.8, 4) is 0 Å². The number of hydrogen-bond donors (Lipinski definition) is 2. The zero-order chi connectivity index (χ0) is 13.9. The molecule has 1 aliphatic carbocycles. The van der Waals surface area contributed by atoms with E-state index >= 15 is 0 Å². The molecule has 0 spiro atoms. The Bertz CT molecular complexity index is 607. The zero-order valence-corrected chi connectivity index (χ0v) is 11.9. The molecule has 0 saturated heterocycles. The van der Waals surface area contributed by atoms with Gasteiger partial charge in [0, 0.05) is 12.4 Å². The second-order valence-electron chi connectivity index (χ2n) is 5.61. The summed E-state index contributed by atoms with van der Waals surface area (Å²) in [6, 6.07) is 9.01. The van der Waals surface area contributed by atoms with Gasteiger partial charge in [0.05, 0.1) is 6.04 Å². The number of benzene rings is 1. The van der Waals surface area contributed by atoms with Crippen LogP contribution in [0.4, 0.5) is 0 Å². The van der Waals surface area contributed by atoms with Crippen molar-refractivity contribution in [2.24, 2.45) is 5.84 Å². The number of hydrogen-bond acceptors (Lipinski definition) is 3. The van der Waals surface area contributed by atoms with Gasteiger partial charge in [-0.3, -0.25) is 16.3 Å². The quantitative estimate of drug-likeness (QED) is 0.661. The van der Waals surface area contributed by atoms with Crippen LogP contribution in [0.3, 0.4) is 0 Å². The molecule has 1 aromatic carbocycles. The number of hydrazine groups is 1. The number of fused-ring (bicyclic) bond motifs is 1. The van der Waals surface area contributed by atoms with Crippen molar-refractivity contribution in [2.45, 2.75) is 38.6 Å². The van der Waals surface area contributed by atoms with Crippen LogP contribution < -0.4 is 11.3 Å². The summed E-state index contributed by atoms with van der Waals surface area (Å²) < 4.78 is 0. The fourth-order valence-corrected chi connectivity index (χ4v) is 3.09. The van der Waals surface area contributed by atoms with Gasteiger partial charge in [-0.2, -0.15) is 0 Å². The maximum absolute atomic E-state index is 5.76. The third kappa shape index (κ3) is 2.60. The molecule has 0 bridgehead atoms. The highest BCUT2D eigenvalue weighted by Crippen LogP contribution is 2.26. The number of aryl methyl sites for hydroxylation is 3. The first-order chi connectivity index (χ1) is 9.78. The first-order valence-corrected chi connectivity index (χ1v) is 7.25. The first kappa shape index (κ1) is 13.3. The summed E-state index contributed by atoms with van der Waals surface area (Å²) in [4.78, 5) is 4.22. The minimum atomic E-state index is 0.114. The van der Waals surface area contributed by atoms with E-state index in [0.717, 1.165) is 6.42 Å². The van der Waals surface area contributed by atoms with Crippen LogP contribution in [0, 0.1) is 6.92 Å². The van der Waals surface area contributed by atoms with Crippen molar-refractivity contribution in [1.29, 1.82) is 0 Å². The summed E-state index contributed by atoms with van der Waals surface area (Å²) in [6.45, 7) is 2.10. The van der Waals surface area contributed by atoms with Crippen molar-refractivity contribution in [3.05, 3.63) is 64.5 Å². The van der Waals surface area contributed by atoms with Gasteiger partial charge in [-0.25, -0.2) is 0 Å². The van der Waals surface area contributed by atoms with Crippen molar-refractivity contribution < 1.29 is 0 Å². The van der Waals surface area contributed by atoms with Gasteiger partial charge in [0.2, 0.25) is 0 Å². The molecule has 3 N–H and O–H groups in total. The zero-order valence-electron chi connectivity index (χ0n) is 11.9. The van der Waals surface area contributed by atoms with Gasteiger partial charge < -0.3 is 0 Å². The maximum Gasteiger partial charge on any atom is 0.0518 e. The second-order valence-corrected chi connectivity index (χ2v) is 5.61. The van der Waals surface area contributed by atoms with Gasteiger partial charge in [0.1, 0.15) is 0 Å². The Hall–Kier alpha value is -1.71. The minimum absolute atomic E-state index is 0.114. The molecule has 0 aliphatic heterocycles. The number of nitrogens with one attached hydrogen (secondary N) is 1. The molecule has 0 radical (unpaired) electrons. The summed E-state index contributed by atoms with van der Waals surface area (Å²) in [7, 11) is 0. The van der Waals surface area contributed by atoms with Crippen molar-refractivity contribution in [2.75, 3.05) is 0 Å². The molecular weight excluding hydrogens is 246 g/mol. The Balaban J connectivity index is 1.83. The van der Waals surface area contributed by atoms with Gasteiger partial charge in [-0.05, 0) is 66.5 Å². The number of nitrogens with two attached hydrogens (primary N) is 1. The average molecular weight is 267 g/mol. The van der Waals surface area contributed by atoms with E-state index in [0.29, 0.717) is 0 Å². The smallest absolute Gasteiger partial charge is 0.0518 e. The molecule has 1 heterocycles. The second kappa shape index (κ2) is 5.73. The molecule has 1 aliphatic rings. The van der Waals surface area contributed by atoms with E-state index in [2.05, 4.69) is 35.5 Å². The first-order valence-electron chi connectivity index (χ1n) is 7.25. The Morgan fingerprint density at radius 1 is 1.25 bits per heavy atom. The Morgan fingerprint density at radius 3 is 2.90 bits per heavy atom. The molecule has 1 aromatic heterocycles. The minimum Gasteiger partial charge on any atom is -0.271 e. The molecule has 3 rings (SSSR count). The molecule has 1 unspecified atom stereocenters. The summed E-state index contributed by atoms with van der Waals surface area (Å²) in [6.07, 6.45) is 8.37. The molecule has 20 heavy (non-hydrogen) atoms. The van der Waals surface area contributed by atoms with E-state index in [9.17, 15) is 0 Å². The Kier molecular flexibility index (Phi) is 3.81. The van der Waals surface area contributed by atoms with E-state index in [4.69, 9.17) is 5.84 Å². The molecule has 0 fully saturated rings. The summed E-state index contributed by atoms with van der Waals surface area (Å²) in [5.74, 6) is 5.76. The van der Waals surface area contributed by atoms with Crippen LogP contribution in [-0.2, 0) is 19.3 Å². The third-order valence-electron chi connectivity index (χ3n) is 4.26. The van der Waals surface area contributed by atoms with Crippen molar-refractivity contribution in [1.82, 2.24) is 10.4 Å². The van der Waals surface area contributed by atoms with Crippen LogP contribution in [0.1, 0.15) is 40.3 Å². The van der Waals surface area contributed by atoms with E-state index in [1.54, 1.807) is 0 Å². The molecular formula is C17H21N3. The van der Waals surface area contributed by atoms with Crippen LogP contribution in [0.5, 0.6) is 0 Å². The van der Waals surface area contributed by atoms with Gasteiger partial charge >= 0.3 is 0 Å². The number of aromatic nitrogens is 1.